The lowest BCUT2D eigenvalue weighted by molar-refractivity contribution is -0.0000214. The van der Waals surface area contributed by atoms with Gasteiger partial charge in [-0.25, -0.2) is 4.98 Å². The van der Waals surface area contributed by atoms with Crippen LogP contribution in [-0.4, -0.2) is 58.2 Å². The van der Waals surface area contributed by atoms with E-state index in [0.717, 1.165) is 18.8 Å². The topological polar surface area (TPSA) is 69.6 Å². The van der Waals surface area contributed by atoms with Crippen LogP contribution < -0.4 is 4.90 Å². The zero-order chi connectivity index (χ0) is 16.3. The molecule has 0 aliphatic carbocycles. The summed E-state index contributed by atoms with van der Waals surface area (Å²) in [5.74, 6) is 0.711. The number of hydrogen-bond acceptors (Lipinski definition) is 6. The van der Waals surface area contributed by atoms with Crippen LogP contribution in [0.25, 0.3) is 0 Å². The number of aromatic nitrogens is 2. The molecule has 0 unspecified atom stereocenters. The molecule has 122 valence electrons. The van der Waals surface area contributed by atoms with Crippen molar-refractivity contribution in [1.82, 2.24) is 14.9 Å². The molecule has 0 spiro atoms. The van der Waals surface area contributed by atoms with Crippen molar-refractivity contribution >= 4 is 23.1 Å². The van der Waals surface area contributed by atoms with Crippen LogP contribution >= 0.6 is 11.3 Å². The van der Waals surface area contributed by atoms with Gasteiger partial charge in [-0.3, -0.25) is 9.78 Å². The van der Waals surface area contributed by atoms with Gasteiger partial charge in [-0.1, -0.05) is 6.07 Å². The van der Waals surface area contributed by atoms with Crippen LogP contribution in [0.15, 0.2) is 36.1 Å². The van der Waals surface area contributed by atoms with Gasteiger partial charge >= 0.3 is 0 Å². The van der Waals surface area contributed by atoms with Gasteiger partial charge in [-0.2, -0.15) is 0 Å². The van der Waals surface area contributed by atoms with Gasteiger partial charge in [0.05, 0.1) is 23.2 Å². The molecule has 1 atom stereocenters. The Labute approximate surface area is 139 Å². The number of carbonyl (C=O) groups excluding carboxylic acids is 1. The van der Waals surface area contributed by atoms with Gasteiger partial charge in [0.2, 0.25) is 0 Å². The van der Waals surface area contributed by atoms with E-state index in [0.29, 0.717) is 24.4 Å². The molecule has 1 aliphatic heterocycles. The minimum atomic E-state index is -0.933. The molecule has 0 saturated carbocycles. The minimum Gasteiger partial charge on any atom is -0.386 e. The number of anilines is 1. The Hall–Kier alpha value is -1.99. The molecule has 3 rings (SSSR count). The van der Waals surface area contributed by atoms with Crippen LogP contribution in [0.1, 0.15) is 22.5 Å². The van der Waals surface area contributed by atoms with Gasteiger partial charge in [0.15, 0.2) is 0 Å². The maximum absolute atomic E-state index is 12.4. The van der Waals surface area contributed by atoms with Crippen LogP contribution in [-0.2, 0) is 0 Å². The monoisotopic (exact) mass is 332 g/mol. The molecular weight excluding hydrogens is 312 g/mol. The molecular formula is C16H20N4O2S. The summed E-state index contributed by atoms with van der Waals surface area (Å²) in [5, 5.41) is 12.8. The van der Waals surface area contributed by atoms with Gasteiger partial charge in [-0.15, -0.1) is 11.3 Å². The molecule has 2 aromatic heterocycles. The second kappa shape index (κ2) is 6.64. The van der Waals surface area contributed by atoms with Gasteiger partial charge in [0.25, 0.3) is 5.91 Å². The summed E-state index contributed by atoms with van der Waals surface area (Å²) in [6.07, 6.45) is 6.51. The van der Waals surface area contributed by atoms with Crippen molar-refractivity contribution in [2.75, 3.05) is 31.6 Å². The van der Waals surface area contributed by atoms with E-state index >= 15 is 0 Å². The van der Waals surface area contributed by atoms with E-state index in [1.165, 1.54) is 11.3 Å². The van der Waals surface area contributed by atoms with Crippen LogP contribution in [0.5, 0.6) is 0 Å². The van der Waals surface area contributed by atoms with E-state index in [1.54, 1.807) is 36.6 Å². The van der Waals surface area contributed by atoms with Crippen molar-refractivity contribution in [1.29, 1.82) is 0 Å². The number of aliphatic hydroxyl groups is 1. The molecule has 1 N–H and O–H groups in total. The van der Waals surface area contributed by atoms with Crippen LogP contribution in [0, 0.1) is 0 Å². The summed E-state index contributed by atoms with van der Waals surface area (Å²) >= 11 is 1.42. The Kier molecular flexibility index (Phi) is 4.58. The predicted octanol–water partition coefficient (Wildman–Crippen LogP) is 1.64. The molecule has 6 nitrogen and oxygen atoms in total. The Morgan fingerprint density at radius 2 is 2.39 bits per heavy atom. The quantitative estimate of drug-likeness (QED) is 0.922. The number of nitrogens with zero attached hydrogens (tertiary/aromatic N) is 4. The fraction of sp³-hybridized carbons (Fsp3) is 0.438. The summed E-state index contributed by atoms with van der Waals surface area (Å²) in [7, 11) is 1.74. The largest absolute Gasteiger partial charge is 0.386 e. The number of carbonyl (C=O) groups is 1. The third-order valence-electron chi connectivity index (χ3n) is 4.04. The molecule has 0 aromatic carbocycles. The molecule has 2 aromatic rings. The van der Waals surface area contributed by atoms with Gasteiger partial charge < -0.3 is 14.9 Å². The van der Waals surface area contributed by atoms with Crippen molar-refractivity contribution in [2.45, 2.75) is 18.4 Å². The van der Waals surface area contributed by atoms with Gasteiger partial charge in [0, 0.05) is 32.5 Å². The van der Waals surface area contributed by atoms with Crippen molar-refractivity contribution in [3.05, 3.63) is 41.0 Å². The Bertz CT molecular complexity index is 649. The Morgan fingerprint density at radius 3 is 3.09 bits per heavy atom. The lowest BCUT2D eigenvalue weighted by Crippen LogP contribution is -2.54. The van der Waals surface area contributed by atoms with E-state index in [4.69, 9.17) is 0 Å². The maximum atomic E-state index is 12.4. The first-order valence-electron chi connectivity index (χ1n) is 7.60. The third-order valence-corrected chi connectivity index (χ3v) is 4.90. The number of hydrogen-bond donors (Lipinski definition) is 1. The fourth-order valence-electron chi connectivity index (χ4n) is 2.99. The highest BCUT2D eigenvalue weighted by molar-refractivity contribution is 7.12. The summed E-state index contributed by atoms with van der Waals surface area (Å²) in [5.41, 5.74) is -0.933. The van der Waals surface area contributed by atoms with E-state index in [2.05, 4.69) is 9.97 Å². The number of likely N-dealkylation sites (N-methyl/N-ethyl adjacent to an activating group) is 1. The summed E-state index contributed by atoms with van der Waals surface area (Å²) in [6.45, 7) is 1.60. The number of β-amino-alcohol motifs (C(OH)–C–C–N with tert-alkyl or cyclic N) is 1. The maximum Gasteiger partial charge on any atom is 0.263 e. The van der Waals surface area contributed by atoms with Crippen LogP contribution in [0.4, 0.5) is 5.82 Å². The first-order chi connectivity index (χ1) is 11.1. The van der Waals surface area contributed by atoms with Crippen molar-refractivity contribution in [3.8, 4) is 0 Å². The van der Waals surface area contributed by atoms with Crippen LogP contribution in [0.2, 0.25) is 0 Å². The molecule has 0 radical (unpaired) electrons. The van der Waals surface area contributed by atoms with E-state index in [9.17, 15) is 9.90 Å². The summed E-state index contributed by atoms with van der Waals surface area (Å²) in [6, 6.07) is 3.66. The molecule has 0 bridgehead atoms. The standard InChI is InChI=1S/C16H20N4O2S/c1-19(15(21)13-4-2-9-23-13)11-16(22)5-3-8-20(12-16)14-10-17-6-7-18-14/h2,4,6-7,9-10,22H,3,5,8,11-12H2,1H3/t16-/m0/s1. The fourth-order valence-corrected chi connectivity index (χ4v) is 3.71. The highest BCUT2D eigenvalue weighted by Gasteiger charge is 2.36. The number of piperidine rings is 1. The highest BCUT2D eigenvalue weighted by Crippen LogP contribution is 2.25. The van der Waals surface area contributed by atoms with E-state index < -0.39 is 5.60 Å². The lowest BCUT2D eigenvalue weighted by Gasteiger charge is -2.41. The highest BCUT2D eigenvalue weighted by atomic mass is 32.1. The molecule has 3 heterocycles. The van der Waals surface area contributed by atoms with Gasteiger partial charge in [0.1, 0.15) is 5.82 Å². The predicted molar refractivity (Wildman–Crippen MR) is 89.7 cm³/mol. The van der Waals surface area contributed by atoms with E-state index in [-0.39, 0.29) is 5.91 Å². The Morgan fingerprint density at radius 1 is 1.52 bits per heavy atom. The number of rotatable bonds is 4. The summed E-state index contributed by atoms with van der Waals surface area (Å²) in [4.78, 5) is 25.1. The van der Waals surface area contributed by atoms with Crippen molar-refractivity contribution < 1.29 is 9.90 Å². The molecule has 1 saturated heterocycles. The third kappa shape index (κ3) is 3.68. The smallest absolute Gasteiger partial charge is 0.263 e. The SMILES string of the molecule is CN(C[C@@]1(O)CCCN(c2cnccn2)C1)C(=O)c1cccs1. The number of thiophene rings is 1. The molecule has 23 heavy (non-hydrogen) atoms. The van der Waals surface area contributed by atoms with Crippen molar-refractivity contribution in [2.24, 2.45) is 0 Å². The first-order valence-corrected chi connectivity index (χ1v) is 8.48. The normalized spacial score (nSPS) is 21.2. The van der Waals surface area contributed by atoms with E-state index in [1.807, 2.05) is 16.3 Å². The molecule has 7 heteroatoms. The Balaban J connectivity index is 1.67. The first kappa shape index (κ1) is 15.9. The van der Waals surface area contributed by atoms with Crippen LogP contribution in [0.3, 0.4) is 0 Å². The number of amides is 1. The second-order valence-electron chi connectivity index (χ2n) is 5.95. The zero-order valence-corrected chi connectivity index (χ0v) is 13.9. The van der Waals surface area contributed by atoms with Gasteiger partial charge in [-0.05, 0) is 24.3 Å². The molecule has 1 amide bonds. The van der Waals surface area contributed by atoms with Crippen molar-refractivity contribution in [3.63, 3.8) is 0 Å². The zero-order valence-electron chi connectivity index (χ0n) is 13.1. The average Bonchev–Trinajstić information content (AvgIpc) is 3.09. The average molecular weight is 332 g/mol. The minimum absolute atomic E-state index is 0.0509. The second-order valence-corrected chi connectivity index (χ2v) is 6.90. The molecule has 1 fully saturated rings. The molecule has 1 aliphatic rings. The summed E-state index contributed by atoms with van der Waals surface area (Å²) < 4.78 is 0. The lowest BCUT2D eigenvalue weighted by atomic mass is 9.92.